The molecule has 120 valence electrons. The van der Waals surface area contributed by atoms with E-state index in [-0.39, 0.29) is 0 Å². The molecule has 1 aliphatic heterocycles. The molecule has 4 rings (SSSR count). The summed E-state index contributed by atoms with van der Waals surface area (Å²) in [6.45, 7) is 4.17. The minimum atomic E-state index is 0.443. The van der Waals surface area contributed by atoms with Crippen molar-refractivity contribution in [2.45, 2.75) is 25.7 Å². The van der Waals surface area contributed by atoms with Gasteiger partial charge in [-0.15, -0.1) is 0 Å². The topological polar surface area (TPSA) is 60.0 Å². The number of nitrogens with zero attached hydrogens (tertiary/aromatic N) is 5. The molecule has 0 saturated carbocycles. The predicted octanol–water partition coefficient (Wildman–Crippen LogP) is 2.67. The smallest absolute Gasteiger partial charge is 0.163 e. The number of fused-ring (bicyclic) bond motifs is 1. The highest BCUT2D eigenvalue weighted by molar-refractivity contribution is 9.10. The molecule has 0 aromatic carbocycles. The fraction of sp³-hybridized carbons (Fsp3) is 0.438. The maximum atomic E-state index is 4.98. The minimum absolute atomic E-state index is 0.443. The van der Waals surface area contributed by atoms with Crippen molar-refractivity contribution in [1.82, 2.24) is 29.7 Å². The lowest BCUT2D eigenvalue weighted by Crippen LogP contribution is -2.29. The molecular formula is C16H19BrN6. The Kier molecular flexibility index (Phi) is 3.69. The molecule has 0 unspecified atom stereocenters. The van der Waals surface area contributed by atoms with E-state index in [0.717, 1.165) is 45.7 Å². The molecule has 0 aliphatic carbocycles. The average Bonchev–Trinajstić information content (AvgIpc) is 3.17. The van der Waals surface area contributed by atoms with Crippen molar-refractivity contribution in [2.24, 2.45) is 7.05 Å². The molecule has 0 bridgehead atoms. The number of rotatable bonds is 2. The van der Waals surface area contributed by atoms with Crippen LogP contribution in [0.25, 0.3) is 16.8 Å². The third kappa shape index (κ3) is 2.48. The summed E-state index contributed by atoms with van der Waals surface area (Å²) < 4.78 is 4.78. The number of aryl methyl sites for hydroxylation is 2. The molecule has 1 N–H and O–H groups in total. The quantitative estimate of drug-likeness (QED) is 0.748. The van der Waals surface area contributed by atoms with Gasteiger partial charge in [-0.1, -0.05) is 0 Å². The molecule has 23 heavy (non-hydrogen) atoms. The van der Waals surface area contributed by atoms with Crippen LogP contribution in [0.2, 0.25) is 0 Å². The van der Waals surface area contributed by atoms with E-state index in [1.54, 1.807) is 4.68 Å². The van der Waals surface area contributed by atoms with Gasteiger partial charge in [0.25, 0.3) is 0 Å². The molecular weight excluding hydrogens is 356 g/mol. The second kappa shape index (κ2) is 5.72. The van der Waals surface area contributed by atoms with Crippen LogP contribution in [0.15, 0.2) is 23.1 Å². The number of piperidine rings is 1. The van der Waals surface area contributed by atoms with Gasteiger partial charge in [-0.25, -0.2) is 9.50 Å². The molecule has 0 radical (unpaired) electrons. The predicted molar refractivity (Wildman–Crippen MR) is 92.5 cm³/mol. The second-order valence-corrected chi connectivity index (χ2v) is 6.93. The molecule has 3 aromatic heterocycles. The number of nitrogens with one attached hydrogen (secondary N) is 1. The van der Waals surface area contributed by atoms with E-state index < -0.39 is 0 Å². The van der Waals surface area contributed by atoms with Gasteiger partial charge in [0.1, 0.15) is 0 Å². The molecule has 4 heterocycles. The molecule has 3 aromatic rings. The van der Waals surface area contributed by atoms with Crippen LogP contribution < -0.4 is 5.32 Å². The first-order valence-electron chi connectivity index (χ1n) is 7.88. The Morgan fingerprint density at radius 3 is 2.87 bits per heavy atom. The van der Waals surface area contributed by atoms with E-state index in [1.807, 2.05) is 30.2 Å². The van der Waals surface area contributed by atoms with E-state index in [2.05, 4.69) is 38.4 Å². The molecule has 1 atom stereocenters. The normalized spacial score (nSPS) is 18.7. The number of halogens is 1. The van der Waals surface area contributed by atoms with Crippen molar-refractivity contribution in [1.29, 1.82) is 0 Å². The summed E-state index contributed by atoms with van der Waals surface area (Å²) in [4.78, 5) is 4.98. The van der Waals surface area contributed by atoms with Gasteiger partial charge in [0, 0.05) is 36.8 Å². The summed E-state index contributed by atoms with van der Waals surface area (Å²) in [5.74, 6) is 0.443. The molecule has 7 heteroatoms. The fourth-order valence-electron chi connectivity index (χ4n) is 3.26. The molecule has 1 fully saturated rings. The first kappa shape index (κ1) is 14.8. The van der Waals surface area contributed by atoms with Crippen molar-refractivity contribution in [3.05, 3.63) is 34.5 Å². The lowest BCUT2D eigenvalue weighted by Gasteiger charge is -2.24. The van der Waals surface area contributed by atoms with Crippen LogP contribution in [0.4, 0.5) is 0 Å². The van der Waals surface area contributed by atoms with Gasteiger partial charge in [-0.3, -0.25) is 4.68 Å². The molecule has 1 aliphatic rings. The summed E-state index contributed by atoms with van der Waals surface area (Å²) in [6, 6.07) is 0. The highest BCUT2D eigenvalue weighted by Crippen LogP contribution is 2.33. The van der Waals surface area contributed by atoms with Crippen molar-refractivity contribution in [3.63, 3.8) is 0 Å². The Balaban J connectivity index is 1.89. The minimum Gasteiger partial charge on any atom is -0.316 e. The third-order valence-corrected chi connectivity index (χ3v) is 5.51. The molecule has 0 spiro atoms. The van der Waals surface area contributed by atoms with Crippen molar-refractivity contribution >= 4 is 21.6 Å². The SMILES string of the molecule is Cc1c(Br)c([C@@H]2CCCNC2)nc2c(-c3cnn(C)c3)cnn12. The number of hydrogen-bond donors (Lipinski definition) is 1. The highest BCUT2D eigenvalue weighted by Gasteiger charge is 2.23. The van der Waals surface area contributed by atoms with E-state index in [0.29, 0.717) is 5.92 Å². The van der Waals surface area contributed by atoms with E-state index in [1.165, 1.54) is 12.8 Å². The maximum Gasteiger partial charge on any atom is 0.163 e. The van der Waals surface area contributed by atoms with Gasteiger partial charge >= 0.3 is 0 Å². The van der Waals surface area contributed by atoms with Crippen LogP contribution in [-0.4, -0.2) is 37.5 Å². The fourth-order valence-corrected chi connectivity index (χ4v) is 3.84. The van der Waals surface area contributed by atoms with E-state index in [4.69, 9.17) is 4.98 Å². The van der Waals surface area contributed by atoms with Gasteiger partial charge in [-0.05, 0) is 42.2 Å². The van der Waals surface area contributed by atoms with E-state index in [9.17, 15) is 0 Å². The summed E-state index contributed by atoms with van der Waals surface area (Å²) in [5, 5.41) is 12.3. The maximum absolute atomic E-state index is 4.98. The Labute approximate surface area is 143 Å². The van der Waals surface area contributed by atoms with Crippen molar-refractivity contribution in [3.8, 4) is 11.1 Å². The van der Waals surface area contributed by atoms with Crippen molar-refractivity contribution in [2.75, 3.05) is 13.1 Å². The van der Waals surface area contributed by atoms with Gasteiger partial charge in [-0.2, -0.15) is 10.2 Å². The number of hydrogen-bond acceptors (Lipinski definition) is 4. The van der Waals surface area contributed by atoms with E-state index >= 15 is 0 Å². The highest BCUT2D eigenvalue weighted by atomic mass is 79.9. The lowest BCUT2D eigenvalue weighted by atomic mass is 9.95. The largest absolute Gasteiger partial charge is 0.316 e. The molecule has 1 saturated heterocycles. The van der Waals surface area contributed by atoms with Crippen LogP contribution in [0.1, 0.15) is 30.1 Å². The van der Waals surface area contributed by atoms with Crippen LogP contribution in [0.5, 0.6) is 0 Å². The van der Waals surface area contributed by atoms with Crippen LogP contribution in [0.3, 0.4) is 0 Å². The Morgan fingerprint density at radius 2 is 2.17 bits per heavy atom. The van der Waals surface area contributed by atoms with Crippen LogP contribution in [-0.2, 0) is 7.05 Å². The zero-order valence-electron chi connectivity index (χ0n) is 13.3. The summed E-state index contributed by atoms with van der Waals surface area (Å²) in [7, 11) is 1.92. The first-order valence-corrected chi connectivity index (χ1v) is 8.68. The van der Waals surface area contributed by atoms with Crippen LogP contribution in [0, 0.1) is 6.92 Å². The zero-order valence-corrected chi connectivity index (χ0v) is 14.8. The van der Waals surface area contributed by atoms with Gasteiger partial charge < -0.3 is 5.32 Å². The summed E-state index contributed by atoms with van der Waals surface area (Å²) >= 11 is 3.74. The summed E-state index contributed by atoms with van der Waals surface area (Å²) in [5.41, 5.74) is 5.20. The zero-order chi connectivity index (χ0) is 16.0. The Hall–Kier alpha value is -1.73. The molecule has 6 nitrogen and oxygen atoms in total. The average molecular weight is 375 g/mol. The monoisotopic (exact) mass is 374 g/mol. The standard InChI is InChI=1S/C16H19BrN6/c1-10-14(17)15(11-4-3-5-18-6-11)21-16-13(8-20-23(10)16)12-7-19-22(2)9-12/h7-9,11,18H,3-6H2,1-2H3/t11-/m1/s1. The van der Waals surface area contributed by atoms with Gasteiger partial charge in [0.2, 0.25) is 0 Å². The molecule has 0 amide bonds. The van der Waals surface area contributed by atoms with Crippen molar-refractivity contribution < 1.29 is 0 Å². The summed E-state index contributed by atoms with van der Waals surface area (Å²) in [6.07, 6.45) is 8.10. The van der Waals surface area contributed by atoms with Gasteiger partial charge in [0.15, 0.2) is 5.65 Å². The first-order chi connectivity index (χ1) is 11.1. The second-order valence-electron chi connectivity index (χ2n) is 6.14. The number of aromatic nitrogens is 5. The van der Waals surface area contributed by atoms with Crippen LogP contribution >= 0.6 is 15.9 Å². The lowest BCUT2D eigenvalue weighted by molar-refractivity contribution is 0.453. The third-order valence-electron chi connectivity index (χ3n) is 4.53. The van der Waals surface area contributed by atoms with Gasteiger partial charge in [0.05, 0.1) is 28.3 Å². The Morgan fingerprint density at radius 1 is 1.30 bits per heavy atom. The Bertz CT molecular complexity index is 859.